The molecule has 0 atom stereocenters. The van der Waals surface area contributed by atoms with Crippen molar-refractivity contribution in [2.24, 2.45) is 0 Å². The lowest BCUT2D eigenvalue weighted by atomic mass is 10.2. The molecular formula is C12H12F3N3O. The second-order valence-electron chi connectivity index (χ2n) is 3.95. The van der Waals surface area contributed by atoms with E-state index in [4.69, 9.17) is 4.42 Å². The van der Waals surface area contributed by atoms with Gasteiger partial charge in [-0.2, -0.15) is 0 Å². The van der Waals surface area contributed by atoms with Crippen LogP contribution in [0, 0.1) is 17.5 Å². The number of benzene rings is 1. The smallest absolute Gasteiger partial charge is 0.253 e. The van der Waals surface area contributed by atoms with E-state index in [0.29, 0.717) is 18.6 Å². The minimum absolute atomic E-state index is 0.283. The van der Waals surface area contributed by atoms with Gasteiger partial charge < -0.3 is 9.73 Å². The highest BCUT2D eigenvalue weighted by atomic mass is 19.1. The summed E-state index contributed by atoms with van der Waals surface area (Å²) in [6, 6.07) is 1.15. The molecule has 1 aromatic heterocycles. The first-order chi connectivity index (χ1) is 9.11. The lowest BCUT2D eigenvalue weighted by Crippen LogP contribution is -2.08. The van der Waals surface area contributed by atoms with E-state index < -0.39 is 23.0 Å². The second kappa shape index (κ2) is 5.83. The van der Waals surface area contributed by atoms with Crippen LogP contribution in [0.3, 0.4) is 0 Å². The number of nitrogens with zero attached hydrogens (tertiary/aromatic N) is 2. The fourth-order valence-electron chi connectivity index (χ4n) is 1.62. The van der Waals surface area contributed by atoms with Gasteiger partial charge >= 0.3 is 0 Å². The average molecular weight is 271 g/mol. The normalized spacial score (nSPS) is 10.9. The van der Waals surface area contributed by atoms with Crippen molar-refractivity contribution in [2.45, 2.75) is 12.8 Å². The molecule has 0 aliphatic heterocycles. The van der Waals surface area contributed by atoms with E-state index >= 15 is 0 Å². The molecule has 19 heavy (non-hydrogen) atoms. The molecule has 0 saturated carbocycles. The van der Waals surface area contributed by atoms with Gasteiger partial charge in [0.15, 0.2) is 0 Å². The van der Waals surface area contributed by atoms with E-state index in [0.717, 1.165) is 13.0 Å². The summed E-state index contributed by atoms with van der Waals surface area (Å²) in [4.78, 5) is 0. The zero-order valence-electron chi connectivity index (χ0n) is 10.2. The monoisotopic (exact) mass is 271 g/mol. The van der Waals surface area contributed by atoms with Gasteiger partial charge in [0.25, 0.3) is 5.89 Å². The molecule has 2 rings (SSSR count). The molecule has 0 amide bonds. The summed E-state index contributed by atoms with van der Waals surface area (Å²) in [5.74, 6) is -3.12. The Kier molecular flexibility index (Phi) is 4.16. The van der Waals surface area contributed by atoms with E-state index in [9.17, 15) is 13.2 Å². The summed E-state index contributed by atoms with van der Waals surface area (Å²) in [6.07, 6.45) is 1.25. The Labute approximate surface area is 107 Å². The Morgan fingerprint density at radius 3 is 2.47 bits per heavy atom. The predicted octanol–water partition coefficient (Wildman–Crippen LogP) is 2.31. The third-order valence-corrected chi connectivity index (χ3v) is 2.51. The van der Waals surface area contributed by atoms with Gasteiger partial charge in [0, 0.05) is 18.6 Å². The van der Waals surface area contributed by atoms with Crippen LogP contribution >= 0.6 is 0 Å². The Balaban J connectivity index is 2.23. The highest BCUT2D eigenvalue weighted by molar-refractivity contribution is 5.54. The van der Waals surface area contributed by atoms with Crippen molar-refractivity contribution >= 4 is 0 Å². The summed E-state index contributed by atoms with van der Waals surface area (Å²) in [5.41, 5.74) is -0.506. The molecule has 0 spiro atoms. The van der Waals surface area contributed by atoms with Crippen molar-refractivity contribution in [1.29, 1.82) is 0 Å². The molecule has 1 heterocycles. The SMILES string of the molecule is CNCCCc1nnc(-c2c(F)cc(F)cc2F)o1. The van der Waals surface area contributed by atoms with Gasteiger partial charge in [0.1, 0.15) is 23.0 Å². The highest BCUT2D eigenvalue weighted by Crippen LogP contribution is 2.25. The number of halogens is 3. The zero-order chi connectivity index (χ0) is 13.8. The molecule has 0 aliphatic rings. The quantitative estimate of drug-likeness (QED) is 0.848. The molecule has 102 valence electrons. The summed E-state index contributed by atoms with van der Waals surface area (Å²) in [7, 11) is 1.81. The maximum Gasteiger partial charge on any atom is 0.253 e. The van der Waals surface area contributed by atoms with Crippen LogP contribution in [-0.2, 0) is 6.42 Å². The lowest BCUT2D eigenvalue weighted by Gasteiger charge is -2.00. The number of hydrogen-bond acceptors (Lipinski definition) is 4. The molecule has 0 unspecified atom stereocenters. The minimum Gasteiger partial charge on any atom is -0.420 e. The first kappa shape index (κ1) is 13.5. The van der Waals surface area contributed by atoms with E-state index in [1.54, 1.807) is 0 Å². The number of hydrogen-bond donors (Lipinski definition) is 1. The number of rotatable bonds is 5. The predicted molar refractivity (Wildman–Crippen MR) is 61.9 cm³/mol. The number of aromatic nitrogens is 2. The molecule has 0 saturated heterocycles. The van der Waals surface area contributed by atoms with Crippen molar-refractivity contribution in [3.8, 4) is 11.5 Å². The fraction of sp³-hybridized carbons (Fsp3) is 0.333. The van der Waals surface area contributed by atoms with Gasteiger partial charge in [-0.3, -0.25) is 0 Å². The molecule has 7 heteroatoms. The largest absolute Gasteiger partial charge is 0.420 e. The summed E-state index contributed by atoms with van der Waals surface area (Å²) in [6.45, 7) is 0.761. The maximum absolute atomic E-state index is 13.5. The summed E-state index contributed by atoms with van der Waals surface area (Å²) in [5, 5.41) is 10.2. The third kappa shape index (κ3) is 3.11. The molecule has 1 N–H and O–H groups in total. The molecule has 0 bridgehead atoms. The average Bonchev–Trinajstić information content (AvgIpc) is 2.76. The van der Waals surface area contributed by atoms with Gasteiger partial charge in [-0.1, -0.05) is 0 Å². The van der Waals surface area contributed by atoms with Gasteiger partial charge in [0.2, 0.25) is 5.89 Å². The van der Waals surface area contributed by atoms with E-state index in [1.807, 2.05) is 7.05 Å². The highest BCUT2D eigenvalue weighted by Gasteiger charge is 2.19. The Morgan fingerprint density at radius 2 is 1.84 bits per heavy atom. The Morgan fingerprint density at radius 1 is 1.16 bits per heavy atom. The van der Waals surface area contributed by atoms with Gasteiger partial charge in [0.05, 0.1) is 0 Å². The minimum atomic E-state index is -1.07. The number of nitrogens with one attached hydrogen (secondary N) is 1. The van der Waals surface area contributed by atoms with Crippen LogP contribution in [0.5, 0.6) is 0 Å². The standard InChI is InChI=1S/C12H12F3N3O/c1-16-4-2-3-10-17-18-12(19-10)11-8(14)5-7(13)6-9(11)15/h5-6,16H,2-4H2,1H3. The van der Waals surface area contributed by atoms with Gasteiger partial charge in [-0.05, 0) is 20.0 Å². The van der Waals surface area contributed by atoms with Crippen molar-refractivity contribution < 1.29 is 17.6 Å². The van der Waals surface area contributed by atoms with E-state index in [-0.39, 0.29) is 11.8 Å². The van der Waals surface area contributed by atoms with Crippen molar-refractivity contribution in [3.05, 3.63) is 35.5 Å². The second-order valence-corrected chi connectivity index (χ2v) is 3.95. The van der Waals surface area contributed by atoms with Crippen LogP contribution in [0.2, 0.25) is 0 Å². The molecule has 2 aromatic rings. The molecular weight excluding hydrogens is 259 g/mol. The Bertz CT molecular complexity index is 548. The van der Waals surface area contributed by atoms with Crippen LogP contribution in [0.25, 0.3) is 11.5 Å². The molecule has 0 radical (unpaired) electrons. The maximum atomic E-state index is 13.5. The molecule has 0 aliphatic carbocycles. The summed E-state index contributed by atoms with van der Waals surface area (Å²) < 4.78 is 44.9. The zero-order valence-corrected chi connectivity index (χ0v) is 10.2. The van der Waals surface area contributed by atoms with Crippen molar-refractivity contribution in [1.82, 2.24) is 15.5 Å². The van der Waals surface area contributed by atoms with E-state index in [1.165, 1.54) is 0 Å². The Hall–Kier alpha value is -1.89. The lowest BCUT2D eigenvalue weighted by molar-refractivity contribution is 0.483. The van der Waals surface area contributed by atoms with Crippen LogP contribution in [-0.4, -0.2) is 23.8 Å². The number of aryl methyl sites for hydroxylation is 1. The van der Waals surface area contributed by atoms with E-state index in [2.05, 4.69) is 15.5 Å². The first-order valence-corrected chi connectivity index (χ1v) is 5.73. The first-order valence-electron chi connectivity index (χ1n) is 5.73. The van der Waals surface area contributed by atoms with Gasteiger partial charge in [-0.25, -0.2) is 13.2 Å². The molecule has 4 nitrogen and oxygen atoms in total. The summed E-state index contributed by atoms with van der Waals surface area (Å²) >= 11 is 0. The van der Waals surface area contributed by atoms with Crippen LogP contribution in [0.15, 0.2) is 16.5 Å². The van der Waals surface area contributed by atoms with Crippen LogP contribution in [0.4, 0.5) is 13.2 Å². The fourth-order valence-corrected chi connectivity index (χ4v) is 1.62. The van der Waals surface area contributed by atoms with Crippen LogP contribution < -0.4 is 5.32 Å². The van der Waals surface area contributed by atoms with Crippen molar-refractivity contribution in [3.63, 3.8) is 0 Å². The molecule has 0 fully saturated rings. The third-order valence-electron chi connectivity index (χ3n) is 2.51. The topological polar surface area (TPSA) is 51.0 Å². The van der Waals surface area contributed by atoms with Gasteiger partial charge in [-0.15, -0.1) is 10.2 Å². The van der Waals surface area contributed by atoms with Crippen LogP contribution in [0.1, 0.15) is 12.3 Å². The van der Waals surface area contributed by atoms with Crippen molar-refractivity contribution in [2.75, 3.05) is 13.6 Å². The molecule has 1 aromatic carbocycles.